The molecule has 0 fully saturated rings. The van der Waals surface area contributed by atoms with Crippen LogP contribution in [0.3, 0.4) is 0 Å². The Morgan fingerprint density at radius 3 is 3.00 bits per heavy atom. The number of carbonyl (C=O) groups is 1. The monoisotopic (exact) mass is 172 g/mol. The first-order chi connectivity index (χ1) is 4.83. The van der Waals surface area contributed by atoms with E-state index in [2.05, 4.69) is 6.92 Å². The number of allylic oxidation sites excluding steroid dienone is 1. The molecule has 3 heteroatoms. The summed E-state index contributed by atoms with van der Waals surface area (Å²) < 4.78 is 0. The van der Waals surface area contributed by atoms with Gasteiger partial charge in [-0.15, -0.1) is 11.8 Å². The summed E-state index contributed by atoms with van der Waals surface area (Å²) in [5.74, 6) is 1.06. The van der Waals surface area contributed by atoms with Gasteiger partial charge in [0.15, 0.2) is 0 Å². The van der Waals surface area contributed by atoms with Crippen LogP contribution in [-0.2, 0) is 4.79 Å². The molecule has 1 rings (SSSR count). The van der Waals surface area contributed by atoms with Crippen LogP contribution in [0, 0.1) is 0 Å². The molecule has 0 amide bonds. The zero-order chi connectivity index (χ0) is 7.40. The first kappa shape index (κ1) is 7.95. The van der Waals surface area contributed by atoms with Crippen molar-refractivity contribution in [3.05, 3.63) is 22.5 Å². The van der Waals surface area contributed by atoms with E-state index in [1.54, 1.807) is 17.8 Å². The molecular formula is C7H8OS2. The highest BCUT2D eigenvalue weighted by Gasteiger charge is 2.07. The predicted octanol–water partition coefficient (Wildman–Crippen LogP) is 2.41. The predicted molar refractivity (Wildman–Crippen MR) is 48.0 cm³/mol. The minimum absolute atomic E-state index is 0.142. The van der Waals surface area contributed by atoms with Gasteiger partial charge in [-0.1, -0.05) is 6.92 Å². The molecule has 1 aliphatic heterocycles. The largest absolute Gasteiger partial charge is 0.282 e. The molecule has 0 N–H and O–H groups in total. The molecule has 1 aliphatic rings. The Morgan fingerprint density at radius 1 is 1.70 bits per heavy atom. The minimum atomic E-state index is 0.142. The molecule has 0 aromatic carbocycles. The molecule has 0 unspecified atom stereocenters. The second kappa shape index (κ2) is 3.88. The van der Waals surface area contributed by atoms with Crippen LogP contribution in [0.2, 0.25) is 0 Å². The first-order valence-corrected chi connectivity index (χ1v) is 4.91. The van der Waals surface area contributed by atoms with E-state index >= 15 is 0 Å². The third kappa shape index (κ3) is 2.23. The zero-order valence-electron chi connectivity index (χ0n) is 5.66. The Morgan fingerprint density at radius 2 is 2.50 bits per heavy atom. The summed E-state index contributed by atoms with van der Waals surface area (Å²) >= 11 is 3.02. The normalized spacial score (nSPS) is 20.9. The minimum Gasteiger partial charge on any atom is -0.282 e. The highest BCUT2D eigenvalue weighted by atomic mass is 32.2. The summed E-state index contributed by atoms with van der Waals surface area (Å²) in [5, 5.41) is 2.16. The van der Waals surface area contributed by atoms with Crippen LogP contribution < -0.4 is 0 Å². The van der Waals surface area contributed by atoms with Gasteiger partial charge in [0.25, 0.3) is 0 Å². The van der Waals surface area contributed by atoms with Crippen molar-refractivity contribution in [2.75, 3.05) is 5.75 Å². The van der Waals surface area contributed by atoms with Crippen LogP contribution in [0.4, 0.5) is 0 Å². The van der Waals surface area contributed by atoms with E-state index in [1.807, 2.05) is 11.5 Å². The maximum atomic E-state index is 10.6. The van der Waals surface area contributed by atoms with Crippen molar-refractivity contribution in [3.63, 3.8) is 0 Å². The van der Waals surface area contributed by atoms with Crippen molar-refractivity contribution < 1.29 is 4.79 Å². The van der Waals surface area contributed by atoms with Crippen LogP contribution in [-0.4, -0.2) is 10.9 Å². The second-order valence-corrected chi connectivity index (χ2v) is 3.95. The Labute approximate surface area is 69.0 Å². The smallest absolute Gasteiger partial charge is 0.216 e. The Balaban J connectivity index is 2.45. The number of carbonyl (C=O) groups excluding carboxylic acids is 1. The molecule has 0 atom stereocenters. The van der Waals surface area contributed by atoms with Crippen LogP contribution in [0.15, 0.2) is 22.5 Å². The fourth-order valence-corrected chi connectivity index (χ4v) is 1.87. The molecule has 1 heterocycles. The molecule has 0 aromatic rings. The lowest BCUT2D eigenvalue weighted by Crippen LogP contribution is -1.72. The topological polar surface area (TPSA) is 17.1 Å². The lowest BCUT2D eigenvalue weighted by Gasteiger charge is -1.88. The summed E-state index contributed by atoms with van der Waals surface area (Å²) in [6.07, 6.45) is 3.46. The third-order valence-corrected chi connectivity index (χ3v) is 2.70. The summed E-state index contributed by atoms with van der Waals surface area (Å²) in [6.45, 7) is 2.09. The summed E-state index contributed by atoms with van der Waals surface area (Å²) in [5.41, 5.74) is 0. The maximum absolute atomic E-state index is 10.6. The number of thioether (sulfide) groups is 2. The fraction of sp³-hybridized carbons (Fsp3) is 0.286. The lowest BCUT2D eigenvalue weighted by molar-refractivity contribution is -0.106. The highest BCUT2D eigenvalue weighted by Crippen LogP contribution is 2.27. The zero-order valence-corrected chi connectivity index (χ0v) is 7.30. The van der Waals surface area contributed by atoms with Gasteiger partial charge in [-0.2, -0.15) is 0 Å². The summed E-state index contributed by atoms with van der Waals surface area (Å²) in [4.78, 5) is 11.7. The lowest BCUT2D eigenvalue weighted by atomic mass is 10.5. The molecule has 1 nitrogen and oxygen atoms in total. The van der Waals surface area contributed by atoms with Crippen molar-refractivity contribution in [1.29, 1.82) is 0 Å². The van der Waals surface area contributed by atoms with Crippen LogP contribution in [0.25, 0.3) is 0 Å². The van der Waals surface area contributed by atoms with Crippen LogP contribution in [0.1, 0.15) is 6.92 Å². The number of rotatable bonds is 2. The SMILES string of the molecule is CCS/C=C1/C=CC(=O)S1. The van der Waals surface area contributed by atoms with Gasteiger partial charge in [-0.05, 0) is 35.1 Å². The Hall–Kier alpha value is -0.150. The maximum Gasteiger partial charge on any atom is 0.216 e. The van der Waals surface area contributed by atoms with Gasteiger partial charge in [0, 0.05) is 4.91 Å². The Kier molecular flexibility index (Phi) is 3.09. The van der Waals surface area contributed by atoms with Gasteiger partial charge in [-0.25, -0.2) is 0 Å². The number of hydrogen-bond acceptors (Lipinski definition) is 3. The van der Waals surface area contributed by atoms with Gasteiger partial charge < -0.3 is 0 Å². The number of hydrogen-bond donors (Lipinski definition) is 0. The van der Waals surface area contributed by atoms with Crippen molar-refractivity contribution in [3.8, 4) is 0 Å². The summed E-state index contributed by atoms with van der Waals surface area (Å²) in [6, 6.07) is 0. The fourth-order valence-electron chi connectivity index (χ4n) is 0.563. The van der Waals surface area contributed by atoms with Crippen molar-refractivity contribution >= 4 is 28.6 Å². The van der Waals surface area contributed by atoms with Gasteiger partial charge in [-0.3, -0.25) is 4.79 Å². The van der Waals surface area contributed by atoms with Gasteiger partial charge in [0.1, 0.15) is 0 Å². The Bertz CT molecular complexity index is 194. The molecule has 0 bridgehead atoms. The van der Waals surface area contributed by atoms with E-state index in [0.29, 0.717) is 0 Å². The molecule has 0 aromatic heterocycles. The third-order valence-electron chi connectivity index (χ3n) is 0.968. The highest BCUT2D eigenvalue weighted by molar-refractivity contribution is 8.18. The molecule has 54 valence electrons. The van der Waals surface area contributed by atoms with Crippen molar-refractivity contribution in [1.82, 2.24) is 0 Å². The first-order valence-electron chi connectivity index (χ1n) is 3.04. The average molecular weight is 172 g/mol. The molecule has 10 heavy (non-hydrogen) atoms. The van der Waals surface area contributed by atoms with Crippen LogP contribution in [0.5, 0.6) is 0 Å². The van der Waals surface area contributed by atoms with Crippen molar-refractivity contribution in [2.45, 2.75) is 6.92 Å². The van der Waals surface area contributed by atoms with E-state index in [1.165, 1.54) is 11.8 Å². The van der Waals surface area contributed by atoms with E-state index in [9.17, 15) is 4.79 Å². The van der Waals surface area contributed by atoms with E-state index in [-0.39, 0.29) is 5.12 Å². The molecular weight excluding hydrogens is 164 g/mol. The average Bonchev–Trinajstić information content (AvgIpc) is 2.31. The molecule has 0 saturated heterocycles. The van der Waals surface area contributed by atoms with Gasteiger partial charge >= 0.3 is 0 Å². The quantitative estimate of drug-likeness (QED) is 0.636. The van der Waals surface area contributed by atoms with Gasteiger partial charge in [0.05, 0.1) is 0 Å². The van der Waals surface area contributed by atoms with E-state index in [0.717, 1.165) is 10.7 Å². The molecule has 0 saturated carbocycles. The second-order valence-electron chi connectivity index (χ2n) is 1.73. The molecule has 0 radical (unpaired) electrons. The molecule has 0 aliphatic carbocycles. The van der Waals surface area contributed by atoms with E-state index < -0.39 is 0 Å². The molecule has 0 spiro atoms. The standard InChI is InChI=1S/C7H8OS2/c1-2-9-5-6-3-4-7(8)10-6/h3-5H,2H2,1H3/b6-5-. The van der Waals surface area contributed by atoms with E-state index in [4.69, 9.17) is 0 Å². The van der Waals surface area contributed by atoms with Gasteiger partial charge in [0.2, 0.25) is 5.12 Å². The summed E-state index contributed by atoms with van der Waals surface area (Å²) in [7, 11) is 0. The van der Waals surface area contributed by atoms with Crippen molar-refractivity contribution in [2.24, 2.45) is 0 Å². The van der Waals surface area contributed by atoms with Crippen LogP contribution >= 0.6 is 23.5 Å².